The maximum Gasteiger partial charge on any atom is 0.305 e. The van der Waals surface area contributed by atoms with Crippen LogP contribution in [0.3, 0.4) is 0 Å². The Hall–Kier alpha value is -13.5. The summed E-state index contributed by atoms with van der Waals surface area (Å²) in [6.07, 6.45) is 4.19. The first kappa shape index (κ1) is 96.3. The number of para-hydroxylation sites is 1. The van der Waals surface area contributed by atoms with Gasteiger partial charge in [0, 0.05) is 68.5 Å². The second-order valence-electron chi connectivity index (χ2n) is 29.4. The molecule has 0 saturated carbocycles. The lowest BCUT2D eigenvalue weighted by molar-refractivity contribution is -0.141. The van der Waals surface area contributed by atoms with Crippen molar-refractivity contribution in [3.8, 4) is 5.75 Å². The molecule has 30 N–H and O–H groups in total. The summed E-state index contributed by atoms with van der Waals surface area (Å²) in [7, 11) is 0. The summed E-state index contributed by atoms with van der Waals surface area (Å²) < 4.78 is 0. The van der Waals surface area contributed by atoms with E-state index in [1.54, 1.807) is 117 Å². The number of guanidine groups is 2. The van der Waals surface area contributed by atoms with Gasteiger partial charge in [-0.15, -0.1) is 0 Å². The van der Waals surface area contributed by atoms with Crippen LogP contribution in [0, 0.1) is 16.7 Å². The summed E-state index contributed by atoms with van der Waals surface area (Å²) in [5.41, 5.74) is 31.2. The number of carbonyl (C=O) groups is 14. The van der Waals surface area contributed by atoms with Crippen molar-refractivity contribution in [2.24, 2.45) is 34.6 Å². The van der Waals surface area contributed by atoms with Crippen LogP contribution in [0.4, 0.5) is 0 Å². The number of nitrogens with one attached hydrogen (secondary N) is 18. The number of phenols is 1. The zero-order chi connectivity index (χ0) is 88.5. The zero-order valence-corrected chi connectivity index (χ0v) is 67.8. The number of hydrogen-bond donors (Lipinski definition) is 25. The highest BCUT2D eigenvalue weighted by Crippen LogP contribution is 2.21. The number of aromatic hydroxyl groups is 1. The highest BCUT2D eigenvalue weighted by atomic mass is 16.4. The Labute approximate surface area is 699 Å². The fourth-order valence-electron chi connectivity index (χ4n) is 12.8. The molecule has 0 spiro atoms. The van der Waals surface area contributed by atoms with Crippen LogP contribution < -0.4 is 103 Å². The lowest BCUT2D eigenvalue weighted by Crippen LogP contribution is -2.61. The van der Waals surface area contributed by atoms with Gasteiger partial charge in [0.05, 0.1) is 37.6 Å². The summed E-state index contributed by atoms with van der Waals surface area (Å²) >= 11 is 0. The van der Waals surface area contributed by atoms with Crippen molar-refractivity contribution in [1.29, 1.82) is 10.8 Å². The average Bonchev–Trinajstić information content (AvgIpc) is 1.68. The molecule has 654 valence electrons. The maximum absolute atomic E-state index is 15.2. The second-order valence-corrected chi connectivity index (χ2v) is 29.4. The number of hydrogen-bond acceptors (Lipinski definition) is 20. The van der Waals surface area contributed by atoms with E-state index in [-0.39, 0.29) is 95.2 Å². The lowest BCUT2D eigenvalue weighted by atomic mass is 9.99. The number of amides is 13. The number of carboxylic acids is 1. The van der Waals surface area contributed by atoms with Crippen LogP contribution in [0.5, 0.6) is 5.75 Å². The minimum atomic E-state index is -2.00. The number of benzene rings is 4. The van der Waals surface area contributed by atoms with E-state index in [2.05, 4.69) is 89.4 Å². The normalized spacial score (nSPS) is 13.8. The molecule has 4 aromatic carbocycles. The van der Waals surface area contributed by atoms with Crippen molar-refractivity contribution in [2.75, 3.05) is 32.7 Å². The van der Waals surface area contributed by atoms with Crippen LogP contribution in [0.15, 0.2) is 128 Å². The molecule has 40 heteroatoms. The predicted octanol–water partition coefficient (Wildman–Crippen LogP) is -3.02. The first-order valence-electron chi connectivity index (χ1n) is 39.9. The lowest BCUT2D eigenvalue weighted by Gasteiger charge is -2.28. The quantitative estimate of drug-likeness (QED) is 0.0103. The minimum absolute atomic E-state index is 0.00489. The number of aromatic amines is 2. The Balaban J connectivity index is 1.25. The van der Waals surface area contributed by atoms with Crippen LogP contribution in [0.1, 0.15) is 119 Å². The first-order chi connectivity index (χ1) is 57.8. The zero-order valence-electron chi connectivity index (χ0n) is 67.8. The highest BCUT2D eigenvalue weighted by molar-refractivity contribution is 6.01. The van der Waals surface area contributed by atoms with Gasteiger partial charge < -0.3 is 123 Å². The van der Waals surface area contributed by atoms with E-state index >= 15 is 14.4 Å². The SMILES string of the molecule is CCCC[C@H](NC(=O)[C@@H](NC(=O)[C@H](Cc1ccc(O)cc1)NC(=O)[C@@H](N)CCCCN)C(C)C)C(=O)NCC(=O)N[C@@H](Cc1c[nH]cn1)C(=O)N[C@@H](Cc1ccccc1)C(=O)N[C@@H](CCCNC(=N)N)C(=O)N[C@@H](Cc1c[nH]c2ccccc12)C(=O)N[C@@H](CC(=O)O)C(=O)N[C@@H](CCCNC(=N)N)C(=O)N[C@@H](Cc1ccccc1)C(=O)NCC(N)=O. The molecule has 0 aliphatic rings. The molecule has 40 nitrogen and oxygen atoms in total. The van der Waals surface area contributed by atoms with E-state index in [1.165, 1.54) is 24.7 Å². The Kier molecular flexibility index (Phi) is 40.0. The monoisotopic (exact) mass is 1680 g/mol. The van der Waals surface area contributed by atoms with E-state index < -0.39 is 187 Å². The molecule has 0 unspecified atom stereocenters. The smallest absolute Gasteiger partial charge is 0.305 e. The Morgan fingerprint density at radius 3 is 1.40 bits per heavy atom. The molecule has 0 saturated heterocycles. The molecule has 0 aliphatic heterocycles. The van der Waals surface area contributed by atoms with Gasteiger partial charge in [-0.05, 0) is 97.9 Å². The number of aromatic nitrogens is 3. The van der Waals surface area contributed by atoms with Crippen LogP contribution in [0.25, 0.3) is 10.9 Å². The number of H-pyrrole nitrogens is 2. The number of carbonyl (C=O) groups excluding carboxylic acids is 13. The standard InChI is InChI=1S/C81H114N24O16/c1-4-5-24-56(99-79(121)68(46(2)3)105-78(120)61(37-49-28-30-52(106)31-29-49)100-69(111)54(83)23-14-15-32-82)70(112)94-44-66(108)96-63(39-51-42-89-45-95-51)76(118)102-60(36-48-20-10-7-11-21-48)74(116)97-58(27-17-34-91-81(87)88)73(115)103-62(38-50-41-92-55-25-13-12-22-53(50)55)75(117)104-64(40-67(109)110)77(119)98-57(26-16-33-90-80(85)86)72(114)101-59(71(113)93-43-65(84)107)35-47-18-8-6-9-19-47/h6-13,18-22,25,28-31,41-42,45-46,54,56-64,68,92,106H,4-5,14-17,23-24,26-27,32-40,43-44,82-83H2,1-3H3,(H2,84,107)(H,89,95)(H,93,113)(H,94,112)(H,96,108)(H,97,116)(H,98,119)(H,99,121)(H,100,111)(H,101,114)(H,102,118)(H,103,115)(H,104,117)(H,105,120)(H,109,110)(H4,85,86,90)(H4,87,88,91)/t54-,56-,57-,58-,59-,60-,61-,62-,63-,64-,68-/m0/s1. The fraction of sp³-hybridized carbons (Fsp3) is 0.444. The molecule has 2 heterocycles. The van der Waals surface area contributed by atoms with Crippen molar-refractivity contribution < 1.29 is 77.3 Å². The van der Waals surface area contributed by atoms with Crippen LogP contribution in [-0.4, -0.2) is 219 Å². The highest BCUT2D eigenvalue weighted by Gasteiger charge is 2.38. The predicted molar refractivity (Wildman–Crippen MR) is 447 cm³/mol. The molecule has 0 bridgehead atoms. The Morgan fingerprint density at radius 2 is 0.884 bits per heavy atom. The molecule has 6 aromatic rings. The molecule has 0 aliphatic carbocycles. The number of aliphatic carboxylic acids is 1. The van der Waals surface area contributed by atoms with Gasteiger partial charge >= 0.3 is 5.97 Å². The van der Waals surface area contributed by atoms with Crippen molar-refractivity contribution in [3.05, 3.63) is 156 Å². The van der Waals surface area contributed by atoms with Crippen molar-refractivity contribution in [3.63, 3.8) is 0 Å². The first-order valence-corrected chi connectivity index (χ1v) is 39.9. The largest absolute Gasteiger partial charge is 0.508 e. The van der Waals surface area contributed by atoms with Crippen LogP contribution in [0.2, 0.25) is 0 Å². The average molecular weight is 1680 g/mol. The number of rotatable bonds is 53. The van der Waals surface area contributed by atoms with Gasteiger partial charge in [0.1, 0.15) is 66.2 Å². The summed E-state index contributed by atoms with van der Waals surface area (Å²) in [6.45, 7) is 4.15. The van der Waals surface area contributed by atoms with Crippen molar-refractivity contribution in [1.82, 2.24) is 89.4 Å². The van der Waals surface area contributed by atoms with Gasteiger partial charge in [0.25, 0.3) is 0 Å². The third-order valence-corrected chi connectivity index (χ3v) is 19.3. The van der Waals surface area contributed by atoms with E-state index in [0.29, 0.717) is 65.4 Å². The maximum atomic E-state index is 15.2. The minimum Gasteiger partial charge on any atom is -0.508 e. The molecule has 0 fully saturated rings. The molecule has 11 atom stereocenters. The number of carboxylic acid groups (broad SMARTS) is 1. The number of nitrogens with two attached hydrogens (primary N) is 5. The van der Waals surface area contributed by atoms with Gasteiger partial charge in [-0.3, -0.25) is 77.9 Å². The fourth-order valence-corrected chi connectivity index (χ4v) is 12.8. The molecule has 121 heavy (non-hydrogen) atoms. The van der Waals surface area contributed by atoms with E-state index in [1.807, 2.05) is 6.92 Å². The third-order valence-electron chi connectivity index (χ3n) is 19.3. The molecular weight excluding hydrogens is 1570 g/mol. The topological polar surface area (TPSA) is 670 Å². The summed E-state index contributed by atoms with van der Waals surface area (Å²) in [4.78, 5) is 208. The van der Waals surface area contributed by atoms with E-state index in [9.17, 15) is 63.0 Å². The second kappa shape index (κ2) is 50.3. The molecule has 13 amide bonds. The molecule has 2 aromatic heterocycles. The number of primary amides is 1. The summed E-state index contributed by atoms with van der Waals surface area (Å²) in [5, 5.41) is 72.8. The van der Waals surface area contributed by atoms with E-state index in [4.69, 9.17) is 39.5 Å². The molecular formula is C81H114N24O16. The molecule has 6 rings (SSSR count). The number of imidazole rings is 1. The van der Waals surface area contributed by atoms with E-state index in [0.717, 1.165) is 0 Å². The Morgan fingerprint density at radius 1 is 0.446 bits per heavy atom. The molecule has 0 radical (unpaired) electrons. The number of nitrogens with zero attached hydrogens (tertiary/aromatic N) is 1. The van der Waals surface area contributed by atoms with Crippen molar-refractivity contribution >= 4 is 106 Å². The van der Waals surface area contributed by atoms with Gasteiger partial charge in [-0.25, -0.2) is 4.98 Å². The van der Waals surface area contributed by atoms with Gasteiger partial charge in [-0.2, -0.15) is 0 Å². The Bertz CT molecular complexity index is 4460. The number of fused-ring (bicyclic) bond motifs is 1. The van der Waals surface area contributed by atoms with Gasteiger partial charge in [-0.1, -0.05) is 131 Å². The summed E-state index contributed by atoms with van der Waals surface area (Å²) in [6, 6.07) is 13.4. The summed E-state index contributed by atoms with van der Waals surface area (Å²) in [5.74, 6) is -15.0. The van der Waals surface area contributed by atoms with Crippen molar-refractivity contribution in [2.45, 2.75) is 190 Å². The number of phenolic OH excluding ortho intramolecular Hbond substituents is 1. The van der Waals surface area contributed by atoms with Crippen LogP contribution in [-0.2, 0) is 99.2 Å². The third kappa shape index (κ3) is 34.1. The van der Waals surface area contributed by atoms with Gasteiger partial charge in [0.15, 0.2) is 11.9 Å². The van der Waals surface area contributed by atoms with Gasteiger partial charge in [0.2, 0.25) is 76.8 Å². The number of unbranched alkanes of at least 4 members (excludes halogenated alkanes) is 2. The van der Waals surface area contributed by atoms with Crippen LogP contribution >= 0.6 is 0 Å².